The van der Waals surface area contributed by atoms with Crippen LogP contribution in [0.25, 0.3) is 0 Å². The van der Waals surface area contributed by atoms with Crippen molar-refractivity contribution in [2.24, 2.45) is 5.73 Å². The number of hydrogen-bond donors (Lipinski definition) is 1. The Bertz CT molecular complexity index is 200. The zero-order valence-corrected chi connectivity index (χ0v) is 9.78. The minimum atomic E-state index is -0.289. The van der Waals surface area contributed by atoms with Gasteiger partial charge in [-0.25, -0.2) is 4.79 Å². The van der Waals surface area contributed by atoms with Gasteiger partial charge in [-0.15, -0.1) is 0 Å². The number of piperazine rings is 1. The van der Waals surface area contributed by atoms with Crippen molar-refractivity contribution in [1.29, 1.82) is 0 Å². The zero-order valence-electron chi connectivity index (χ0n) is 9.78. The Balaban J connectivity index is 2.12. The number of nitrogens with two attached hydrogens (primary N) is 1. The van der Waals surface area contributed by atoms with Crippen LogP contribution in [0.2, 0.25) is 0 Å². The Hall–Kier alpha value is -0.810. The lowest BCUT2D eigenvalue weighted by Gasteiger charge is -2.33. The zero-order chi connectivity index (χ0) is 11.3. The highest BCUT2D eigenvalue weighted by molar-refractivity contribution is 5.72. The van der Waals surface area contributed by atoms with Crippen molar-refractivity contribution in [2.75, 3.05) is 53.4 Å². The van der Waals surface area contributed by atoms with Crippen LogP contribution in [0.15, 0.2) is 0 Å². The molecule has 15 heavy (non-hydrogen) atoms. The molecule has 2 amide bonds. The molecule has 1 heterocycles. The van der Waals surface area contributed by atoms with Gasteiger partial charge >= 0.3 is 6.03 Å². The van der Waals surface area contributed by atoms with Gasteiger partial charge < -0.3 is 15.5 Å². The molecule has 1 rings (SSSR count). The van der Waals surface area contributed by atoms with E-state index < -0.39 is 0 Å². The highest BCUT2D eigenvalue weighted by Gasteiger charge is 2.18. The minimum Gasteiger partial charge on any atom is -0.351 e. The number of urea groups is 1. The lowest BCUT2D eigenvalue weighted by molar-refractivity contribution is 0.142. The second kappa shape index (κ2) is 5.92. The summed E-state index contributed by atoms with van der Waals surface area (Å²) in [6.07, 6.45) is 1.18. The van der Waals surface area contributed by atoms with Gasteiger partial charge in [-0.1, -0.05) is 0 Å². The Morgan fingerprint density at radius 2 is 1.87 bits per heavy atom. The van der Waals surface area contributed by atoms with Crippen molar-refractivity contribution >= 4 is 6.03 Å². The highest BCUT2D eigenvalue weighted by Crippen LogP contribution is 2.02. The van der Waals surface area contributed by atoms with E-state index in [-0.39, 0.29) is 6.03 Å². The topological polar surface area (TPSA) is 52.8 Å². The summed E-state index contributed by atoms with van der Waals surface area (Å²) in [5, 5.41) is 0. The van der Waals surface area contributed by atoms with Crippen molar-refractivity contribution < 1.29 is 4.79 Å². The predicted octanol–water partition coefficient (Wildman–Crippen LogP) is -0.366. The number of carbonyl (C=O) groups excluding carboxylic acids is 1. The average molecular weight is 214 g/mol. The van der Waals surface area contributed by atoms with E-state index in [9.17, 15) is 4.79 Å². The van der Waals surface area contributed by atoms with Crippen molar-refractivity contribution in [3.63, 3.8) is 0 Å². The van der Waals surface area contributed by atoms with E-state index in [1.165, 1.54) is 6.42 Å². The van der Waals surface area contributed by atoms with Crippen LogP contribution in [0.4, 0.5) is 4.79 Å². The second-order valence-electron chi connectivity index (χ2n) is 4.32. The summed E-state index contributed by atoms with van der Waals surface area (Å²) >= 11 is 0. The molecular weight excluding hydrogens is 192 g/mol. The molecular formula is C10H22N4O. The summed E-state index contributed by atoms with van der Waals surface area (Å²) in [5.74, 6) is 0. The number of nitrogens with zero attached hydrogens (tertiary/aromatic N) is 3. The van der Waals surface area contributed by atoms with Gasteiger partial charge in [0.05, 0.1) is 0 Å². The maximum absolute atomic E-state index is 10.9. The van der Waals surface area contributed by atoms with Gasteiger partial charge in [0, 0.05) is 26.2 Å². The third kappa shape index (κ3) is 4.48. The molecule has 0 radical (unpaired) electrons. The lowest BCUT2D eigenvalue weighted by atomic mass is 10.3. The first-order valence-electron chi connectivity index (χ1n) is 5.51. The first-order chi connectivity index (χ1) is 7.09. The summed E-state index contributed by atoms with van der Waals surface area (Å²) in [4.78, 5) is 17.2. The van der Waals surface area contributed by atoms with Crippen LogP contribution in [-0.2, 0) is 0 Å². The Morgan fingerprint density at radius 3 is 2.33 bits per heavy atom. The lowest BCUT2D eigenvalue weighted by Crippen LogP contribution is -2.50. The summed E-state index contributed by atoms with van der Waals surface area (Å²) in [7, 11) is 4.18. The monoisotopic (exact) mass is 214 g/mol. The van der Waals surface area contributed by atoms with Crippen LogP contribution in [-0.4, -0.2) is 74.1 Å². The van der Waals surface area contributed by atoms with Gasteiger partial charge in [0.25, 0.3) is 0 Å². The molecule has 0 atom stereocenters. The van der Waals surface area contributed by atoms with E-state index in [1.807, 2.05) is 0 Å². The molecule has 0 unspecified atom stereocenters. The minimum absolute atomic E-state index is 0.289. The number of rotatable bonds is 4. The molecule has 0 aromatic carbocycles. The largest absolute Gasteiger partial charge is 0.351 e. The standard InChI is InChI=1S/C10H22N4O/c1-12(2)4-3-5-13-6-8-14(9-7-13)10(11)15/h3-9H2,1-2H3,(H2,11,15). The van der Waals surface area contributed by atoms with Crippen molar-refractivity contribution in [2.45, 2.75) is 6.42 Å². The average Bonchev–Trinajstić information content (AvgIpc) is 2.18. The van der Waals surface area contributed by atoms with Gasteiger partial charge in [-0.05, 0) is 33.6 Å². The number of amides is 2. The molecule has 1 aliphatic rings. The molecule has 1 fully saturated rings. The smallest absolute Gasteiger partial charge is 0.314 e. The number of hydrogen-bond acceptors (Lipinski definition) is 3. The maximum Gasteiger partial charge on any atom is 0.314 e. The number of carbonyl (C=O) groups is 1. The first kappa shape index (κ1) is 12.3. The summed E-state index contributed by atoms with van der Waals surface area (Å²) < 4.78 is 0. The van der Waals surface area contributed by atoms with E-state index >= 15 is 0 Å². The molecule has 88 valence electrons. The molecule has 0 aromatic heterocycles. The maximum atomic E-state index is 10.9. The predicted molar refractivity (Wildman–Crippen MR) is 60.8 cm³/mol. The molecule has 1 aliphatic heterocycles. The van der Waals surface area contributed by atoms with E-state index in [0.717, 1.165) is 39.3 Å². The van der Waals surface area contributed by atoms with Crippen LogP contribution < -0.4 is 5.73 Å². The first-order valence-corrected chi connectivity index (χ1v) is 5.51. The van der Waals surface area contributed by atoms with Gasteiger partial charge in [-0.3, -0.25) is 4.90 Å². The molecule has 0 aromatic rings. The summed E-state index contributed by atoms with van der Waals surface area (Å²) in [6.45, 7) is 5.70. The van der Waals surface area contributed by atoms with Crippen LogP contribution in [0, 0.1) is 0 Å². The fourth-order valence-electron chi connectivity index (χ4n) is 1.80. The Morgan fingerprint density at radius 1 is 1.27 bits per heavy atom. The number of primary amides is 1. The normalized spacial score (nSPS) is 18.5. The van der Waals surface area contributed by atoms with Crippen LogP contribution in [0.3, 0.4) is 0 Å². The fourth-order valence-corrected chi connectivity index (χ4v) is 1.80. The Labute approximate surface area is 91.8 Å². The Kier molecular flexibility index (Phi) is 4.84. The molecule has 0 bridgehead atoms. The van der Waals surface area contributed by atoms with Gasteiger partial charge in [0.1, 0.15) is 0 Å². The SMILES string of the molecule is CN(C)CCCN1CCN(C(N)=O)CC1. The van der Waals surface area contributed by atoms with E-state index in [4.69, 9.17) is 5.73 Å². The fraction of sp³-hybridized carbons (Fsp3) is 0.900. The molecule has 0 spiro atoms. The molecule has 0 aliphatic carbocycles. The van der Waals surface area contributed by atoms with Crippen LogP contribution in [0.1, 0.15) is 6.42 Å². The van der Waals surface area contributed by atoms with E-state index in [2.05, 4.69) is 23.9 Å². The van der Waals surface area contributed by atoms with E-state index in [0.29, 0.717) is 0 Å². The summed E-state index contributed by atoms with van der Waals surface area (Å²) in [6, 6.07) is -0.289. The third-order valence-corrected chi connectivity index (χ3v) is 2.76. The van der Waals surface area contributed by atoms with Crippen LogP contribution in [0.5, 0.6) is 0 Å². The van der Waals surface area contributed by atoms with Crippen LogP contribution >= 0.6 is 0 Å². The van der Waals surface area contributed by atoms with Crippen molar-refractivity contribution in [1.82, 2.24) is 14.7 Å². The molecule has 5 nitrogen and oxygen atoms in total. The van der Waals surface area contributed by atoms with Gasteiger partial charge in [-0.2, -0.15) is 0 Å². The van der Waals surface area contributed by atoms with Gasteiger partial charge in [0.2, 0.25) is 0 Å². The summed E-state index contributed by atoms with van der Waals surface area (Å²) in [5.41, 5.74) is 5.21. The second-order valence-corrected chi connectivity index (χ2v) is 4.32. The van der Waals surface area contributed by atoms with Crippen molar-refractivity contribution in [3.8, 4) is 0 Å². The quantitative estimate of drug-likeness (QED) is 0.695. The van der Waals surface area contributed by atoms with Crippen molar-refractivity contribution in [3.05, 3.63) is 0 Å². The van der Waals surface area contributed by atoms with Gasteiger partial charge in [0.15, 0.2) is 0 Å². The third-order valence-electron chi connectivity index (χ3n) is 2.76. The molecule has 2 N–H and O–H groups in total. The van der Waals surface area contributed by atoms with E-state index in [1.54, 1.807) is 4.90 Å². The molecule has 5 heteroatoms. The highest BCUT2D eigenvalue weighted by atomic mass is 16.2. The molecule has 0 saturated carbocycles. The molecule has 1 saturated heterocycles.